The zero-order valence-corrected chi connectivity index (χ0v) is 18.6. The summed E-state index contributed by atoms with van der Waals surface area (Å²) in [4.78, 5) is 14.6. The van der Waals surface area contributed by atoms with Gasteiger partial charge >= 0.3 is 0 Å². The van der Waals surface area contributed by atoms with E-state index >= 15 is 0 Å². The molecule has 0 aliphatic carbocycles. The second-order valence-electron chi connectivity index (χ2n) is 7.22. The number of ether oxygens (including phenoxy) is 2. The first-order valence-corrected chi connectivity index (χ1v) is 11.3. The molecule has 1 aliphatic heterocycles. The SMILES string of the molecule is COc1ccc(N(C)C(=O)C2CCN(S(=O)(=O)c3ccccc3C#N)CC2)cc1OC. The Bertz CT molecular complexity index is 1100. The zero-order valence-electron chi connectivity index (χ0n) is 17.7. The molecule has 0 bridgehead atoms. The molecular weight excluding hydrogens is 418 g/mol. The van der Waals surface area contributed by atoms with Gasteiger partial charge in [-0.15, -0.1) is 0 Å². The molecule has 3 rings (SSSR count). The number of hydrogen-bond acceptors (Lipinski definition) is 6. The number of benzene rings is 2. The predicted molar refractivity (Wildman–Crippen MR) is 116 cm³/mol. The predicted octanol–water partition coefficient (Wildman–Crippen LogP) is 2.64. The summed E-state index contributed by atoms with van der Waals surface area (Å²) >= 11 is 0. The van der Waals surface area contributed by atoms with Crippen LogP contribution in [-0.2, 0) is 14.8 Å². The minimum absolute atomic E-state index is 0.00437. The number of nitriles is 1. The summed E-state index contributed by atoms with van der Waals surface area (Å²) in [5.74, 6) is 0.720. The van der Waals surface area contributed by atoms with Crippen LogP contribution in [0.25, 0.3) is 0 Å². The van der Waals surface area contributed by atoms with Crippen molar-refractivity contribution < 1.29 is 22.7 Å². The first-order chi connectivity index (χ1) is 14.8. The number of piperidine rings is 1. The van der Waals surface area contributed by atoms with E-state index in [0.29, 0.717) is 30.0 Å². The molecule has 1 fully saturated rings. The van der Waals surface area contributed by atoms with Gasteiger partial charge in [-0.05, 0) is 37.1 Å². The number of methoxy groups -OCH3 is 2. The smallest absolute Gasteiger partial charge is 0.244 e. The Hall–Kier alpha value is -3.09. The highest BCUT2D eigenvalue weighted by Gasteiger charge is 2.34. The molecule has 31 heavy (non-hydrogen) atoms. The van der Waals surface area contributed by atoms with Gasteiger partial charge in [-0.2, -0.15) is 9.57 Å². The Morgan fingerprint density at radius 2 is 1.74 bits per heavy atom. The highest BCUT2D eigenvalue weighted by molar-refractivity contribution is 7.89. The van der Waals surface area contributed by atoms with Crippen molar-refractivity contribution in [3.63, 3.8) is 0 Å². The molecule has 1 heterocycles. The molecule has 0 N–H and O–H groups in total. The van der Waals surface area contributed by atoms with Gasteiger partial charge < -0.3 is 14.4 Å². The average Bonchev–Trinajstić information content (AvgIpc) is 2.82. The topological polar surface area (TPSA) is 99.9 Å². The van der Waals surface area contributed by atoms with Crippen molar-refractivity contribution in [2.75, 3.05) is 39.3 Å². The van der Waals surface area contributed by atoms with Crippen molar-refractivity contribution in [1.82, 2.24) is 4.31 Å². The Morgan fingerprint density at radius 1 is 1.10 bits per heavy atom. The second-order valence-corrected chi connectivity index (χ2v) is 9.13. The molecule has 164 valence electrons. The molecule has 2 aromatic carbocycles. The minimum atomic E-state index is -3.79. The van der Waals surface area contributed by atoms with Crippen LogP contribution in [0.1, 0.15) is 18.4 Å². The van der Waals surface area contributed by atoms with E-state index in [4.69, 9.17) is 9.47 Å². The molecule has 0 atom stereocenters. The van der Waals surface area contributed by atoms with Crippen molar-refractivity contribution in [2.24, 2.45) is 5.92 Å². The summed E-state index contributed by atoms with van der Waals surface area (Å²) in [7, 11) is 0.980. The Labute approximate surface area is 182 Å². The maximum atomic E-state index is 13.0. The van der Waals surface area contributed by atoms with Crippen molar-refractivity contribution in [1.29, 1.82) is 5.26 Å². The van der Waals surface area contributed by atoms with E-state index in [2.05, 4.69) is 0 Å². The van der Waals surface area contributed by atoms with E-state index in [9.17, 15) is 18.5 Å². The van der Waals surface area contributed by atoms with Crippen LogP contribution >= 0.6 is 0 Å². The maximum Gasteiger partial charge on any atom is 0.244 e. The number of carbonyl (C=O) groups is 1. The second kappa shape index (κ2) is 9.37. The van der Waals surface area contributed by atoms with E-state index in [-0.39, 0.29) is 35.4 Å². The van der Waals surface area contributed by atoms with Crippen molar-refractivity contribution in [3.8, 4) is 17.6 Å². The maximum absolute atomic E-state index is 13.0. The van der Waals surface area contributed by atoms with Gasteiger partial charge in [0.1, 0.15) is 6.07 Å². The summed E-state index contributed by atoms with van der Waals surface area (Å²) in [5.41, 5.74) is 0.787. The third-order valence-corrected chi connectivity index (χ3v) is 7.47. The summed E-state index contributed by atoms with van der Waals surface area (Å²) in [6.07, 6.45) is 0.814. The van der Waals surface area contributed by atoms with Gasteiger partial charge in [-0.3, -0.25) is 4.79 Å². The number of rotatable bonds is 6. The summed E-state index contributed by atoms with van der Waals surface area (Å²) in [6.45, 7) is 0.441. The molecule has 8 nitrogen and oxygen atoms in total. The van der Waals surface area contributed by atoms with Gasteiger partial charge in [0.2, 0.25) is 15.9 Å². The molecule has 2 aromatic rings. The average molecular weight is 444 g/mol. The fourth-order valence-corrected chi connectivity index (χ4v) is 5.31. The van der Waals surface area contributed by atoms with Crippen LogP contribution in [0, 0.1) is 17.2 Å². The van der Waals surface area contributed by atoms with E-state index in [1.54, 1.807) is 49.4 Å². The van der Waals surface area contributed by atoms with Crippen LogP contribution in [0.4, 0.5) is 5.69 Å². The number of amides is 1. The van der Waals surface area contributed by atoms with Crippen LogP contribution in [0.15, 0.2) is 47.4 Å². The molecule has 0 spiro atoms. The zero-order chi connectivity index (χ0) is 22.6. The third kappa shape index (κ3) is 4.50. The highest BCUT2D eigenvalue weighted by atomic mass is 32.2. The third-order valence-electron chi connectivity index (χ3n) is 5.51. The Kier molecular flexibility index (Phi) is 6.83. The van der Waals surface area contributed by atoms with E-state index in [1.165, 1.54) is 23.5 Å². The van der Waals surface area contributed by atoms with Crippen molar-refractivity contribution >= 4 is 21.6 Å². The van der Waals surface area contributed by atoms with Gasteiger partial charge in [0.25, 0.3) is 0 Å². The fourth-order valence-electron chi connectivity index (χ4n) is 3.70. The molecule has 1 amide bonds. The molecule has 0 aromatic heterocycles. The molecule has 9 heteroatoms. The summed E-state index contributed by atoms with van der Waals surface area (Å²) in [5, 5.41) is 9.23. The highest BCUT2D eigenvalue weighted by Crippen LogP contribution is 2.33. The largest absolute Gasteiger partial charge is 0.493 e. The van der Waals surface area contributed by atoms with Crippen molar-refractivity contribution in [2.45, 2.75) is 17.7 Å². The van der Waals surface area contributed by atoms with Gasteiger partial charge in [-0.1, -0.05) is 12.1 Å². The van der Waals surface area contributed by atoms with Crippen LogP contribution in [-0.4, -0.2) is 53.0 Å². The standard InChI is InChI=1S/C22H25N3O5S/c1-24(18-8-9-19(29-2)20(14-18)30-3)22(26)16-10-12-25(13-11-16)31(27,28)21-7-5-4-6-17(21)15-23/h4-9,14,16H,10-13H2,1-3H3. The van der Waals surface area contributed by atoms with Crippen LogP contribution in [0.5, 0.6) is 11.5 Å². The normalized spacial score (nSPS) is 15.2. The van der Waals surface area contributed by atoms with Crippen LogP contribution in [0.3, 0.4) is 0 Å². The molecule has 0 unspecified atom stereocenters. The minimum Gasteiger partial charge on any atom is -0.493 e. The number of carbonyl (C=O) groups excluding carboxylic acids is 1. The quantitative estimate of drug-likeness (QED) is 0.680. The molecular formula is C22H25N3O5S. The van der Waals surface area contributed by atoms with Gasteiger partial charge in [0.15, 0.2) is 11.5 Å². The van der Waals surface area contributed by atoms with Crippen LogP contribution < -0.4 is 14.4 Å². The van der Waals surface area contributed by atoms with Gasteiger partial charge in [-0.25, -0.2) is 8.42 Å². The number of nitrogens with zero attached hydrogens (tertiary/aromatic N) is 3. The van der Waals surface area contributed by atoms with E-state index < -0.39 is 10.0 Å². The molecule has 0 saturated carbocycles. The summed E-state index contributed by atoms with van der Waals surface area (Å²) in [6, 6.07) is 13.3. The first-order valence-electron chi connectivity index (χ1n) is 9.82. The molecule has 1 saturated heterocycles. The molecule has 1 aliphatic rings. The monoisotopic (exact) mass is 443 g/mol. The lowest BCUT2D eigenvalue weighted by Crippen LogP contribution is -2.43. The van der Waals surface area contributed by atoms with Crippen molar-refractivity contribution in [3.05, 3.63) is 48.0 Å². The number of hydrogen-bond donors (Lipinski definition) is 0. The Balaban J connectivity index is 1.70. The lowest BCUT2D eigenvalue weighted by Gasteiger charge is -2.32. The van der Waals surface area contributed by atoms with E-state index in [1.807, 2.05) is 6.07 Å². The van der Waals surface area contributed by atoms with Crippen LogP contribution in [0.2, 0.25) is 0 Å². The lowest BCUT2D eigenvalue weighted by atomic mass is 9.96. The van der Waals surface area contributed by atoms with Gasteiger partial charge in [0.05, 0.1) is 24.7 Å². The Morgan fingerprint density at radius 3 is 2.35 bits per heavy atom. The molecule has 0 radical (unpaired) electrons. The van der Waals surface area contributed by atoms with E-state index in [0.717, 1.165) is 0 Å². The first kappa shape index (κ1) is 22.6. The lowest BCUT2D eigenvalue weighted by molar-refractivity contribution is -0.123. The fraction of sp³-hybridized carbons (Fsp3) is 0.364. The number of anilines is 1. The summed E-state index contributed by atoms with van der Waals surface area (Å²) < 4.78 is 37.9. The van der Waals surface area contributed by atoms with Gasteiger partial charge in [0, 0.05) is 37.8 Å². The number of sulfonamides is 1.